The molecule has 0 saturated carbocycles. The molecule has 5 N–H and O–H groups in total. The van der Waals surface area contributed by atoms with Gasteiger partial charge in [-0.15, -0.1) is 23.1 Å². The van der Waals surface area contributed by atoms with Gasteiger partial charge in [-0.25, -0.2) is 14.3 Å². The highest BCUT2D eigenvalue weighted by atomic mass is 32.2. The number of anilines is 1. The highest BCUT2D eigenvalue weighted by Crippen LogP contribution is 2.40. The Morgan fingerprint density at radius 2 is 2.10 bits per heavy atom. The van der Waals surface area contributed by atoms with Crippen LogP contribution in [0.3, 0.4) is 0 Å². The zero-order chi connectivity index (χ0) is 22.1. The maximum atomic E-state index is 12.8. The van der Waals surface area contributed by atoms with Crippen LogP contribution in [0.4, 0.5) is 5.13 Å². The van der Waals surface area contributed by atoms with E-state index in [0.717, 1.165) is 11.3 Å². The molecule has 1 saturated heterocycles. The average molecular weight is 462 g/mol. The van der Waals surface area contributed by atoms with Crippen LogP contribution in [0.5, 0.6) is 0 Å². The summed E-state index contributed by atoms with van der Waals surface area (Å²) in [6, 6.07) is 4.56. The summed E-state index contributed by atoms with van der Waals surface area (Å²) in [5.74, 6) is -2.18. The second-order valence-corrected chi connectivity index (χ2v) is 8.68. The molecule has 2 aromatic rings. The van der Waals surface area contributed by atoms with Crippen molar-refractivity contribution in [2.75, 3.05) is 11.5 Å². The van der Waals surface area contributed by atoms with Gasteiger partial charge >= 0.3 is 5.97 Å². The lowest BCUT2D eigenvalue weighted by Gasteiger charge is -2.49. The van der Waals surface area contributed by atoms with Gasteiger partial charge in [0.25, 0.3) is 11.8 Å². The van der Waals surface area contributed by atoms with Gasteiger partial charge in [0.15, 0.2) is 29.8 Å². The first kappa shape index (κ1) is 20.8. The van der Waals surface area contributed by atoms with Gasteiger partial charge in [0.05, 0.1) is 0 Å². The fourth-order valence-corrected chi connectivity index (χ4v) is 5.27. The average Bonchev–Trinajstić information content (AvgIpc) is 3.18. The van der Waals surface area contributed by atoms with E-state index < -0.39 is 29.2 Å². The summed E-state index contributed by atoms with van der Waals surface area (Å²) in [5, 5.41) is 25.5. The van der Waals surface area contributed by atoms with E-state index in [-0.39, 0.29) is 22.2 Å². The quantitative estimate of drug-likeness (QED) is 0.149. The van der Waals surface area contributed by atoms with Crippen molar-refractivity contribution in [1.82, 2.24) is 15.2 Å². The number of hydrogen-bond acceptors (Lipinski definition) is 9. The monoisotopic (exact) mass is 461 g/mol. The molecule has 1 fully saturated rings. The van der Waals surface area contributed by atoms with Gasteiger partial charge in [0.2, 0.25) is 0 Å². The molecule has 2 amide bonds. The van der Waals surface area contributed by atoms with E-state index in [2.05, 4.69) is 15.5 Å². The lowest BCUT2D eigenvalue weighted by atomic mass is 10.0. The molecule has 160 valence electrons. The number of aromatic nitrogens is 2. The van der Waals surface area contributed by atoms with Crippen molar-refractivity contribution in [3.63, 3.8) is 0 Å². The SMILES string of the molecule is Nc1nc(/C(=N/O)C(=O)N[C@@H]2C(=O)N3C(C(=O)O)=C(C[n+]4ccccc4)CS[C@H]23)cs1. The van der Waals surface area contributed by atoms with Gasteiger partial charge < -0.3 is 21.4 Å². The van der Waals surface area contributed by atoms with Gasteiger partial charge in [-0.05, 0) is 0 Å². The third-order valence-corrected chi connectivity index (χ3v) is 6.78. The lowest BCUT2D eigenvalue weighted by molar-refractivity contribution is -0.689. The van der Waals surface area contributed by atoms with Crippen molar-refractivity contribution in [3.05, 3.63) is 52.9 Å². The van der Waals surface area contributed by atoms with Crippen molar-refractivity contribution >= 4 is 51.7 Å². The van der Waals surface area contributed by atoms with Crippen molar-refractivity contribution in [2.24, 2.45) is 5.16 Å². The Labute approximate surface area is 183 Å². The topological polar surface area (TPSA) is 162 Å². The van der Waals surface area contributed by atoms with Crippen molar-refractivity contribution in [1.29, 1.82) is 0 Å². The zero-order valence-electron chi connectivity index (χ0n) is 15.8. The smallest absolute Gasteiger partial charge is 0.352 e. The normalized spacial score (nSPS) is 20.8. The minimum atomic E-state index is -1.20. The van der Waals surface area contributed by atoms with E-state index >= 15 is 0 Å². The molecule has 2 aromatic heterocycles. The number of oxime groups is 1. The number of thioether (sulfide) groups is 1. The highest BCUT2D eigenvalue weighted by molar-refractivity contribution is 8.00. The first-order valence-electron chi connectivity index (χ1n) is 8.99. The van der Waals surface area contributed by atoms with E-state index in [1.54, 1.807) is 0 Å². The first-order valence-corrected chi connectivity index (χ1v) is 10.9. The number of carbonyl (C=O) groups excluding carboxylic acids is 2. The van der Waals surface area contributed by atoms with E-state index in [1.165, 1.54) is 22.0 Å². The molecular formula is C18H17N6O5S2+. The molecule has 13 heteroatoms. The van der Waals surface area contributed by atoms with Crippen LogP contribution in [-0.4, -0.2) is 60.9 Å². The number of nitrogens with one attached hydrogen (secondary N) is 1. The molecule has 4 rings (SSSR count). The number of β-lactam (4-membered cyclic amide) rings is 1. The predicted octanol–water partition coefficient (Wildman–Crippen LogP) is -0.370. The molecule has 11 nitrogen and oxygen atoms in total. The number of rotatable bonds is 6. The number of nitrogen functional groups attached to an aromatic ring is 1. The molecule has 2 aliphatic rings. The van der Waals surface area contributed by atoms with Crippen LogP contribution in [0.15, 0.2) is 52.4 Å². The molecule has 0 bridgehead atoms. The molecule has 0 unspecified atom stereocenters. The van der Waals surface area contributed by atoms with E-state index in [0.29, 0.717) is 17.9 Å². The number of fused-ring (bicyclic) bond motifs is 1. The Balaban J connectivity index is 1.52. The van der Waals surface area contributed by atoms with Gasteiger partial charge in [-0.1, -0.05) is 11.2 Å². The fourth-order valence-electron chi connectivity index (χ4n) is 3.38. The predicted molar refractivity (Wildman–Crippen MR) is 111 cm³/mol. The summed E-state index contributed by atoms with van der Waals surface area (Å²) >= 11 is 2.42. The van der Waals surface area contributed by atoms with Crippen LogP contribution in [0.25, 0.3) is 0 Å². The summed E-state index contributed by atoms with van der Waals surface area (Å²) in [5.41, 5.74) is 5.77. The maximum Gasteiger partial charge on any atom is 0.352 e. The summed E-state index contributed by atoms with van der Waals surface area (Å²) in [6.45, 7) is 0.329. The van der Waals surface area contributed by atoms with Crippen molar-refractivity contribution in [3.8, 4) is 0 Å². The summed E-state index contributed by atoms with van der Waals surface area (Å²) in [7, 11) is 0. The number of pyridine rings is 1. The minimum Gasteiger partial charge on any atom is -0.477 e. The van der Waals surface area contributed by atoms with Crippen LogP contribution < -0.4 is 15.6 Å². The van der Waals surface area contributed by atoms with Crippen LogP contribution in [-0.2, 0) is 20.9 Å². The van der Waals surface area contributed by atoms with Gasteiger partial charge in [0, 0.05) is 28.8 Å². The third-order valence-electron chi connectivity index (χ3n) is 4.77. The minimum absolute atomic E-state index is 0.0704. The molecule has 0 spiro atoms. The molecule has 2 aliphatic heterocycles. The van der Waals surface area contributed by atoms with Crippen LogP contribution in [0, 0.1) is 0 Å². The van der Waals surface area contributed by atoms with E-state index in [1.807, 2.05) is 35.2 Å². The number of carboxylic acids is 1. The number of carboxylic acid groups (broad SMARTS) is 1. The van der Waals surface area contributed by atoms with Gasteiger partial charge in [-0.3, -0.25) is 14.5 Å². The number of hydrogen-bond donors (Lipinski definition) is 4. The number of aliphatic carboxylic acids is 1. The zero-order valence-corrected chi connectivity index (χ0v) is 17.5. The fraction of sp³-hybridized carbons (Fsp3) is 0.222. The van der Waals surface area contributed by atoms with Crippen molar-refractivity contribution < 1.29 is 29.3 Å². The highest BCUT2D eigenvalue weighted by Gasteiger charge is 2.54. The first-order chi connectivity index (χ1) is 14.9. The van der Waals surface area contributed by atoms with E-state index in [4.69, 9.17) is 5.73 Å². The summed E-state index contributed by atoms with van der Waals surface area (Å²) < 4.78 is 1.83. The molecule has 0 aliphatic carbocycles. The molecule has 0 aromatic carbocycles. The Bertz CT molecular complexity index is 1120. The third kappa shape index (κ3) is 3.84. The Hall–Kier alpha value is -3.45. The second kappa shape index (κ2) is 8.35. The number of nitrogens with two attached hydrogens (primary N) is 1. The summed E-state index contributed by atoms with van der Waals surface area (Å²) in [4.78, 5) is 42.3. The second-order valence-electron chi connectivity index (χ2n) is 6.69. The Morgan fingerprint density at radius 3 is 2.71 bits per heavy atom. The molecule has 0 radical (unpaired) electrons. The van der Waals surface area contributed by atoms with Gasteiger partial charge in [0.1, 0.15) is 22.8 Å². The van der Waals surface area contributed by atoms with Crippen LogP contribution in [0.2, 0.25) is 0 Å². The molecular weight excluding hydrogens is 444 g/mol. The number of thiazole rings is 1. The van der Waals surface area contributed by atoms with Gasteiger partial charge in [-0.2, -0.15) is 0 Å². The molecule has 2 atom stereocenters. The van der Waals surface area contributed by atoms with Crippen LogP contribution in [0.1, 0.15) is 5.69 Å². The molecule has 4 heterocycles. The van der Waals surface area contributed by atoms with Crippen LogP contribution >= 0.6 is 23.1 Å². The number of nitrogens with zero attached hydrogens (tertiary/aromatic N) is 4. The summed E-state index contributed by atoms with van der Waals surface area (Å²) in [6.07, 6.45) is 3.62. The Kier molecular flexibility index (Phi) is 5.61. The molecule has 31 heavy (non-hydrogen) atoms. The number of carbonyl (C=O) groups is 3. The Morgan fingerprint density at radius 1 is 1.35 bits per heavy atom. The largest absolute Gasteiger partial charge is 0.477 e. The maximum absolute atomic E-state index is 12.8. The number of amides is 2. The van der Waals surface area contributed by atoms with E-state index in [9.17, 15) is 24.7 Å². The lowest BCUT2D eigenvalue weighted by Crippen LogP contribution is -2.71. The van der Waals surface area contributed by atoms with Crippen molar-refractivity contribution in [2.45, 2.75) is 18.0 Å². The standard InChI is InChI=1S/C18H16N6O5S2/c19-18-20-10(8-31-18)11(22-29)14(25)21-12-15(26)24-13(17(27)28)9(7-30-16(12)24)6-23-4-2-1-3-5-23/h1-5,8,12,16H,6-7H2,(H4-,19,20,21,25,27,28,29)/p+1/t12-,16-/m1/s1.